The number of nitrogens with zero attached hydrogens (tertiary/aromatic N) is 1. The maximum absolute atomic E-state index is 13.1. The normalized spacial score (nSPS) is 15.2. The SMILES string of the molecule is COc1ccc(C(CNC(=O)c2cccc(S(=O)(=O)Nc3ccc(F)cc3)c2)N2CCOCC2)cc1. The first-order valence-corrected chi connectivity index (χ1v) is 13.0. The Morgan fingerprint density at radius 1 is 1.06 bits per heavy atom. The van der Waals surface area contributed by atoms with E-state index in [1.807, 2.05) is 24.3 Å². The van der Waals surface area contributed by atoms with Gasteiger partial charge in [-0.25, -0.2) is 12.8 Å². The van der Waals surface area contributed by atoms with Gasteiger partial charge in [0.2, 0.25) is 0 Å². The second kappa shape index (κ2) is 11.5. The molecular weight excluding hydrogens is 485 g/mol. The summed E-state index contributed by atoms with van der Waals surface area (Å²) in [7, 11) is -2.36. The zero-order chi connectivity index (χ0) is 25.5. The van der Waals surface area contributed by atoms with Crippen LogP contribution < -0.4 is 14.8 Å². The van der Waals surface area contributed by atoms with Crippen LogP contribution >= 0.6 is 0 Å². The van der Waals surface area contributed by atoms with Gasteiger partial charge in [0.25, 0.3) is 15.9 Å². The summed E-state index contributed by atoms with van der Waals surface area (Å²) in [6, 6.07) is 18.4. The molecule has 1 fully saturated rings. The Kier molecular flexibility index (Phi) is 8.19. The third-order valence-corrected chi connectivity index (χ3v) is 7.32. The summed E-state index contributed by atoms with van der Waals surface area (Å²) in [4.78, 5) is 15.2. The van der Waals surface area contributed by atoms with Gasteiger partial charge in [-0.05, 0) is 60.2 Å². The van der Waals surface area contributed by atoms with Gasteiger partial charge in [-0.3, -0.25) is 14.4 Å². The van der Waals surface area contributed by atoms with Gasteiger partial charge in [0.1, 0.15) is 11.6 Å². The van der Waals surface area contributed by atoms with Gasteiger partial charge in [-0.15, -0.1) is 0 Å². The molecule has 0 aliphatic carbocycles. The van der Waals surface area contributed by atoms with E-state index < -0.39 is 15.8 Å². The van der Waals surface area contributed by atoms with Crippen LogP contribution in [0.1, 0.15) is 22.0 Å². The highest BCUT2D eigenvalue weighted by atomic mass is 32.2. The van der Waals surface area contributed by atoms with Crippen molar-refractivity contribution in [2.45, 2.75) is 10.9 Å². The lowest BCUT2D eigenvalue weighted by Gasteiger charge is -2.35. The summed E-state index contributed by atoms with van der Waals surface area (Å²) in [5.74, 6) is -0.113. The number of nitrogens with one attached hydrogen (secondary N) is 2. The summed E-state index contributed by atoms with van der Waals surface area (Å²) < 4.78 is 51.9. The van der Waals surface area contributed by atoms with E-state index in [1.165, 1.54) is 30.3 Å². The van der Waals surface area contributed by atoms with Crippen molar-refractivity contribution in [1.29, 1.82) is 0 Å². The Bertz CT molecular complexity index is 1280. The van der Waals surface area contributed by atoms with Crippen molar-refractivity contribution < 1.29 is 27.1 Å². The van der Waals surface area contributed by atoms with E-state index >= 15 is 0 Å². The molecule has 0 saturated carbocycles. The highest BCUT2D eigenvalue weighted by molar-refractivity contribution is 7.92. The fraction of sp³-hybridized carbons (Fsp3) is 0.269. The fourth-order valence-electron chi connectivity index (χ4n) is 4.00. The van der Waals surface area contributed by atoms with Gasteiger partial charge in [0.05, 0.1) is 31.3 Å². The van der Waals surface area contributed by atoms with Crippen LogP contribution in [0.2, 0.25) is 0 Å². The van der Waals surface area contributed by atoms with Crippen LogP contribution in [0.4, 0.5) is 10.1 Å². The first-order chi connectivity index (χ1) is 17.4. The Hall–Kier alpha value is -3.47. The number of morpholine rings is 1. The van der Waals surface area contributed by atoms with E-state index in [0.717, 1.165) is 36.5 Å². The van der Waals surface area contributed by atoms with Gasteiger partial charge in [-0.1, -0.05) is 18.2 Å². The smallest absolute Gasteiger partial charge is 0.261 e. The number of benzene rings is 3. The Morgan fingerprint density at radius 3 is 2.42 bits per heavy atom. The molecule has 2 N–H and O–H groups in total. The number of hydrogen-bond acceptors (Lipinski definition) is 6. The number of ether oxygens (including phenoxy) is 2. The van der Waals surface area contributed by atoms with Gasteiger partial charge >= 0.3 is 0 Å². The highest BCUT2D eigenvalue weighted by Crippen LogP contribution is 2.24. The zero-order valence-corrected chi connectivity index (χ0v) is 20.6. The third kappa shape index (κ3) is 6.39. The maximum atomic E-state index is 13.1. The first kappa shape index (κ1) is 25.6. The van der Waals surface area contributed by atoms with E-state index in [4.69, 9.17) is 9.47 Å². The molecule has 3 aromatic rings. The Balaban J connectivity index is 1.48. The molecule has 190 valence electrons. The van der Waals surface area contributed by atoms with Crippen molar-refractivity contribution in [3.63, 3.8) is 0 Å². The van der Waals surface area contributed by atoms with Gasteiger partial charge in [-0.2, -0.15) is 0 Å². The standard InChI is InChI=1S/C26H28FN3O5S/c1-34-23-11-5-19(6-12-23)25(30-13-15-35-16-14-30)18-28-26(31)20-3-2-4-24(17-20)36(32,33)29-22-9-7-21(27)8-10-22/h2-12,17,25,29H,13-16,18H2,1H3,(H,28,31). The van der Waals surface area contributed by atoms with Gasteiger partial charge < -0.3 is 14.8 Å². The van der Waals surface area contributed by atoms with Crippen LogP contribution in [0.5, 0.6) is 5.75 Å². The van der Waals surface area contributed by atoms with Crippen LogP contribution in [-0.4, -0.2) is 59.2 Å². The number of sulfonamides is 1. The predicted molar refractivity (Wildman–Crippen MR) is 134 cm³/mol. The molecule has 1 heterocycles. The fourth-order valence-corrected chi connectivity index (χ4v) is 5.10. The molecule has 36 heavy (non-hydrogen) atoms. The lowest BCUT2D eigenvalue weighted by Crippen LogP contribution is -2.43. The number of methoxy groups -OCH3 is 1. The van der Waals surface area contributed by atoms with E-state index in [0.29, 0.717) is 19.8 Å². The molecule has 0 radical (unpaired) electrons. The zero-order valence-electron chi connectivity index (χ0n) is 19.8. The van der Waals surface area contributed by atoms with Crippen LogP contribution in [0.15, 0.2) is 77.7 Å². The predicted octanol–water partition coefficient (Wildman–Crippen LogP) is 3.44. The molecule has 10 heteroatoms. The molecule has 0 bridgehead atoms. The second-order valence-corrected chi connectivity index (χ2v) is 9.97. The molecule has 3 aromatic carbocycles. The summed E-state index contributed by atoms with van der Waals surface area (Å²) in [6.45, 7) is 3.02. The lowest BCUT2D eigenvalue weighted by molar-refractivity contribution is 0.0162. The number of hydrogen-bond donors (Lipinski definition) is 2. The lowest BCUT2D eigenvalue weighted by atomic mass is 10.0. The van der Waals surface area contributed by atoms with Crippen LogP contribution in [-0.2, 0) is 14.8 Å². The minimum Gasteiger partial charge on any atom is -0.497 e. The number of carbonyl (C=O) groups is 1. The van der Waals surface area contributed by atoms with Crippen molar-refractivity contribution in [1.82, 2.24) is 10.2 Å². The molecule has 1 unspecified atom stereocenters. The Morgan fingerprint density at radius 2 is 1.75 bits per heavy atom. The minimum atomic E-state index is -3.97. The largest absolute Gasteiger partial charge is 0.497 e. The van der Waals surface area contributed by atoms with E-state index in [-0.39, 0.29) is 28.1 Å². The summed E-state index contributed by atoms with van der Waals surface area (Å²) >= 11 is 0. The number of anilines is 1. The van der Waals surface area contributed by atoms with Crippen molar-refractivity contribution in [3.05, 3.63) is 89.7 Å². The van der Waals surface area contributed by atoms with Crippen molar-refractivity contribution in [3.8, 4) is 5.75 Å². The molecule has 1 aliphatic heterocycles. The maximum Gasteiger partial charge on any atom is 0.261 e. The highest BCUT2D eigenvalue weighted by Gasteiger charge is 2.24. The third-order valence-electron chi connectivity index (χ3n) is 5.95. The summed E-state index contributed by atoms with van der Waals surface area (Å²) in [6.07, 6.45) is 0. The van der Waals surface area contributed by atoms with Crippen molar-refractivity contribution >= 4 is 21.6 Å². The molecular formula is C26H28FN3O5S. The van der Waals surface area contributed by atoms with E-state index in [9.17, 15) is 17.6 Å². The van der Waals surface area contributed by atoms with Crippen LogP contribution in [0, 0.1) is 5.82 Å². The molecule has 1 atom stereocenters. The molecule has 1 amide bonds. The first-order valence-electron chi connectivity index (χ1n) is 11.5. The second-order valence-electron chi connectivity index (χ2n) is 8.29. The van der Waals surface area contributed by atoms with E-state index in [1.54, 1.807) is 13.2 Å². The minimum absolute atomic E-state index is 0.0700. The molecule has 8 nitrogen and oxygen atoms in total. The summed E-state index contributed by atoms with van der Waals surface area (Å²) in [5, 5.41) is 2.95. The monoisotopic (exact) mass is 513 g/mol. The van der Waals surface area contributed by atoms with Crippen LogP contribution in [0.3, 0.4) is 0 Å². The van der Waals surface area contributed by atoms with Crippen LogP contribution in [0.25, 0.3) is 0 Å². The topological polar surface area (TPSA) is 97.0 Å². The quantitative estimate of drug-likeness (QED) is 0.455. The molecule has 0 aromatic heterocycles. The number of rotatable bonds is 9. The molecule has 1 saturated heterocycles. The average molecular weight is 514 g/mol. The number of carbonyl (C=O) groups excluding carboxylic acids is 1. The molecule has 0 spiro atoms. The Labute approximate surface area is 210 Å². The van der Waals surface area contributed by atoms with Gasteiger partial charge in [0, 0.05) is 30.9 Å². The summed E-state index contributed by atoms with van der Waals surface area (Å²) in [5.41, 5.74) is 1.46. The number of amides is 1. The molecule has 1 aliphatic rings. The van der Waals surface area contributed by atoms with Crippen molar-refractivity contribution in [2.75, 3.05) is 44.7 Å². The van der Waals surface area contributed by atoms with Gasteiger partial charge in [0.15, 0.2) is 0 Å². The average Bonchev–Trinajstić information content (AvgIpc) is 2.91. The van der Waals surface area contributed by atoms with Crippen molar-refractivity contribution in [2.24, 2.45) is 0 Å². The number of halogens is 1. The van der Waals surface area contributed by atoms with E-state index in [2.05, 4.69) is 14.9 Å². The molecule has 4 rings (SSSR count).